The number of hydrogen-bond donors (Lipinski definition) is 1. The van der Waals surface area contributed by atoms with Gasteiger partial charge in [-0.15, -0.1) is 11.8 Å². The minimum absolute atomic E-state index is 0.641. The minimum atomic E-state index is 0.641. The molecule has 2 heteroatoms. The molecule has 0 fully saturated rings. The predicted molar refractivity (Wildman–Crippen MR) is 69.2 cm³/mol. The van der Waals surface area contributed by atoms with Crippen LogP contribution in [0.15, 0.2) is 23.1 Å². The average Bonchev–Trinajstić information content (AvgIpc) is 2.26. The van der Waals surface area contributed by atoms with Gasteiger partial charge in [0.15, 0.2) is 0 Å². The van der Waals surface area contributed by atoms with E-state index in [4.69, 9.17) is 5.73 Å². The Labute approximate surface area is 97.4 Å². The van der Waals surface area contributed by atoms with Crippen LogP contribution in [-0.2, 0) is 6.54 Å². The Morgan fingerprint density at radius 1 is 1.40 bits per heavy atom. The van der Waals surface area contributed by atoms with Crippen molar-refractivity contribution in [3.8, 4) is 0 Å². The van der Waals surface area contributed by atoms with Crippen LogP contribution < -0.4 is 5.73 Å². The maximum absolute atomic E-state index is 5.64. The zero-order chi connectivity index (χ0) is 11.3. The fourth-order valence-electron chi connectivity index (χ4n) is 1.34. The van der Waals surface area contributed by atoms with Crippen LogP contribution in [0.4, 0.5) is 0 Å². The molecule has 0 aliphatic carbocycles. The quantitative estimate of drug-likeness (QED) is 0.772. The largest absolute Gasteiger partial charge is 0.326 e. The Morgan fingerprint density at radius 3 is 2.67 bits per heavy atom. The lowest BCUT2D eigenvalue weighted by Gasteiger charge is -2.09. The summed E-state index contributed by atoms with van der Waals surface area (Å²) in [6.45, 7) is 7.32. The van der Waals surface area contributed by atoms with E-state index in [0.717, 1.165) is 5.92 Å². The van der Waals surface area contributed by atoms with E-state index in [1.54, 1.807) is 0 Å². The highest BCUT2D eigenvalue weighted by Crippen LogP contribution is 2.24. The topological polar surface area (TPSA) is 26.0 Å². The second kappa shape index (κ2) is 6.19. The van der Waals surface area contributed by atoms with Gasteiger partial charge in [-0.1, -0.05) is 26.3 Å². The van der Waals surface area contributed by atoms with Crippen molar-refractivity contribution in [1.82, 2.24) is 0 Å². The number of aryl methyl sites for hydroxylation is 1. The van der Waals surface area contributed by atoms with Crippen molar-refractivity contribution in [1.29, 1.82) is 0 Å². The SMILES string of the molecule is CCC(C)CSc1ccc(CN)c(C)c1. The van der Waals surface area contributed by atoms with Gasteiger partial charge in [-0.05, 0) is 36.1 Å². The maximum atomic E-state index is 5.64. The minimum Gasteiger partial charge on any atom is -0.326 e. The van der Waals surface area contributed by atoms with E-state index in [1.807, 2.05) is 11.8 Å². The van der Waals surface area contributed by atoms with Crippen molar-refractivity contribution in [2.24, 2.45) is 11.7 Å². The second-order valence-electron chi connectivity index (χ2n) is 4.12. The molecular formula is C13H21NS. The summed E-state index contributed by atoms with van der Waals surface area (Å²) in [7, 11) is 0. The molecule has 0 amide bonds. The summed E-state index contributed by atoms with van der Waals surface area (Å²) in [6.07, 6.45) is 1.26. The predicted octanol–water partition coefficient (Wildman–Crippen LogP) is 3.59. The summed E-state index contributed by atoms with van der Waals surface area (Å²) in [5, 5.41) is 0. The van der Waals surface area contributed by atoms with Crippen molar-refractivity contribution < 1.29 is 0 Å². The molecule has 1 aromatic carbocycles. The molecule has 84 valence electrons. The van der Waals surface area contributed by atoms with E-state index in [1.165, 1.54) is 28.2 Å². The fourth-order valence-corrected chi connectivity index (χ4v) is 2.48. The number of benzene rings is 1. The third-order valence-electron chi connectivity index (χ3n) is 2.77. The molecule has 1 rings (SSSR count). The Kier molecular flexibility index (Phi) is 5.20. The van der Waals surface area contributed by atoms with Gasteiger partial charge in [0.1, 0.15) is 0 Å². The standard InChI is InChI=1S/C13H21NS/c1-4-10(2)9-15-13-6-5-12(8-14)11(3)7-13/h5-7,10H,4,8-9,14H2,1-3H3. The van der Waals surface area contributed by atoms with E-state index in [0.29, 0.717) is 6.54 Å². The lowest BCUT2D eigenvalue weighted by Crippen LogP contribution is -1.99. The highest BCUT2D eigenvalue weighted by molar-refractivity contribution is 7.99. The van der Waals surface area contributed by atoms with E-state index < -0.39 is 0 Å². The van der Waals surface area contributed by atoms with Gasteiger partial charge in [0.2, 0.25) is 0 Å². The summed E-state index contributed by atoms with van der Waals surface area (Å²) < 4.78 is 0. The lowest BCUT2D eigenvalue weighted by molar-refractivity contribution is 0.637. The Hall–Kier alpha value is -0.470. The Bertz CT molecular complexity index is 309. The van der Waals surface area contributed by atoms with E-state index in [-0.39, 0.29) is 0 Å². The molecule has 2 N–H and O–H groups in total. The molecule has 0 bridgehead atoms. The normalized spacial score (nSPS) is 12.8. The highest BCUT2D eigenvalue weighted by atomic mass is 32.2. The third kappa shape index (κ3) is 3.88. The maximum Gasteiger partial charge on any atom is 0.0180 e. The third-order valence-corrected chi connectivity index (χ3v) is 4.09. The molecule has 0 spiro atoms. The van der Waals surface area contributed by atoms with Crippen molar-refractivity contribution in [2.75, 3.05) is 5.75 Å². The van der Waals surface area contributed by atoms with Crippen LogP contribution in [0.1, 0.15) is 31.4 Å². The highest BCUT2D eigenvalue weighted by Gasteiger charge is 2.02. The van der Waals surface area contributed by atoms with Crippen molar-refractivity contribution in [3.63, 3.8) is 0 Å². The number of thioether (sulfide) groups is 1. The van der Waals surface area contributed by atoms with Crippen LogP contribution in [0.3, 0.4) is 0 Å². The number of rotatable bonds is 5. The summed E-state index contributed by atoms with van der Waals surface area (Å²) in [6, 6.07) is 6.58. The first kappa shape index (κ1) is 12.6. The molecule has 0 aliphatic rings. The van der Waals surface area contributed by atoms with E-state index in [2.05, 4.69) is 39.0 Å². The number of hydrogen-bond acceptors (Lipinski definition) is 2. The van der Waals surface area contributed by atoms with Gasteiger partial charge in [-0.3, -0.25) is 0 Å². The van der Waals surface area contributed by atoms with Crippen molar-refractivity contribution in [3.05, 3.63) is 29.3 Å². The summed E-state index contributed by atoms with van der Waals surface area (Å²) in [5.41, 5.74) is 8.20. The van der Waals surface area contributed by atoms with Crippen LogP contribution in [0.2, 0.25) is 0 Å². The zero-order valence-corrected chi connectivity index (χ0v) is 10.7. The summed E-state index contributed by atoms with van der Waals surface area (Å²) >= 11 is 1.95. The van der Waals surface area contributed by atoms with E-state index in [9.17, 15) is 0 Å². The zero-order valence-electron chi connectivity index (χ0n) is 9.92. The van der Waals surface area contributed by atoms with Gasteiger partial charge in [-0.25, -0.2) is 0 Å². The first-order chi connectivity index (χ1) is 7.17. The molecule has 0 aliphatic heterocycles. The molecule has 0 saturated heterocycles. The van der Waals surface area contributed by atoms with Crippen LogP contribution in [0.5, 0.6) is 0 Å². The van der Waals surface area contributed by atoms with Crippen LogP contribution >= 0.6 is 11.8 Å². The van der Waals surface area contributed by atoms with Gasteiger partial charge < -0.3 is 5.73 Å². The molecule has 1 unspecified atom stereocenters. The Morgan fingerprint density at radius 2 is 2.13 bits per heavy atom. The van der Waals surface area contributed by atoms with Crippen molar-refractivity contribution in [2.45, 2.75) is 38.6 Å². The summed E-state index contributed by atoms with van der Waals surface area (Å²) in [4.78, 5) is 1.37. The van der Waals surface area contributed by atoms with Crippen LogP contribution in [0, 0.1) is 12.8 Å². The molecule has 0 saturated carbocycles. The van der Waals surface area contributed by atoms with Gasteiger partial charge in [0.25, 0.3) is 0 Å². The second-order valence-corrected chi connectivity index (χ2v) is 5.21. The lowest BCUT2D eigenvalue weighted by atomic mass is 10.1. The first-order valence-corrected chi connectivity index (χ1v) is 6.58. The van der Waals surface area contributed by atoms with Gasteiger partial charge in [-0.2, -0.15) is 0 Å². The fraction of sp³-hybridized carbons (Fsp3) is 0.538. The van der Waals surface area contributed by atoms with Crippen LogP contribution in [-0.4, -0.2) is 5.75 Å². The Balaban J connectivity index is 2.59. The van der Waals surface area contributed by atoms with E-state index >= 15 is 0 Å². The molecule has 0 heterocycles. The molecule has 1 atom stereocenters. The van der Waals surface area contributed by atoms with Gasteiger partial charge in [0, 0.05) is 17.2 Å². The molecule has 1 aromatic rings. The van der Waals surface area contributed by atoms with Gasteiger partial charge >= 0.3 is 0 Å². The monoisotopic (exact) mass is 223 g/mol. The molecule has 1 nitrogen and oxygen atoms in total. The van der Waals surface area contributed by atoms with Crippen LogP contribution in [0.25, 0.3) is 0 Å². The smallest absolute Gasteiger partial charge is 0.0180 e. The van der Waals surface area contributed by atoms with Gasteiger partial charge in [0.05, 0.1) is 0 Å². The summed E-state index contributed by atoms with van der Waals surface area (Å²) in [5.74, 6) is 2.00. The number of nitrogens with two attached hydrogens (primary N) is 1. The molecule has 0 radical (unpaired) electrons. The molecular weight excluding hydrogens is 202 g/mol. The molecule has 15 heavy (non-hydrogen) atoms. The first-order valence-electron chi connectivity index (χ1n) is 5.59. The average molecular weight is 223 g/mol. The molecule has 0 aromatic heterocycles. The van der Waals surface area contributed by atoms with Crippen molar-refractivity contribution >= 4 is 11.8 Å².